The summed E-state index contributed by atoms with van der Waals surface area (Å²) in [7, 11) is 0. The maximum absolute atomic E-state index is 13.1. The van der Waals surface area contributed by atoms with Crippen LogP contribution in [-0.4, -0.2) is 16.3 Å². The predicted molar refractivity (Wildman–Crippen MR) is 118 cm³/mol. The fraction of sp³-hybridized carbons (Fsp3) is 0.280. The van der Waals surface area contributed by atoms with E-state index in [4.69, 9.17) is 16.3 Å². The van der Waals surface area contributed by atoms with E-state index in [2.05, 4.69) is 0 Å². The first-order valence-corrected chi connectivity index (χ1v) is 10.3. The number of hydrogen-bond donors (Lipinski definition) is 0. The lowest BCUT2D eigenvalue weighted by atomic mass is 9.73. The van der Waals surface area contributed by atoms with Crippen LogP contribution in [0.1, 0.15) is 54.9 Å². The minimum absolute atomic E-state index is 0.0551. The Balaban J connectivity index is 2.04. The molecule has 0 bridgehead atoms. The van der Waals surface area contributed by atoms with Crippen LogP contribution < -0.4 is 0 Å². The van der Waals surface area contributed by atoms with Gasteiger partial charge in [-0.05, 0) is 42.8 Å². The zero-order valence-corrected chi connectivity index (χ0v) is 18.3. The van der Waals surface area contributed by atoms with Crippen LogP contribution in [-0.2, 0) is 9.53 Å². The third-order valence-electron chi connectivity index (χ3n) is 5.63. The number of aryl methyl sites for hydroxylation is 1. The number of Topliss-reactive ketones (excluding diaryl/α,β-unsaturated/α-hetero) is 1. The van der Waals surface area contributed by atoms with Gasteiger partial charge in [0.2, 0.25) is 0 Å². The van der Waals surface area contributed by atoms with Crippen molar-refractivity contribution >= 4 is 23.4 Å². The Morgan fingerprint density at radius 2 is 1.73 bits per heavy atom. The summed E-state index contributed by atoms with van der Waals surface area (Å²) >= 11 is 6.10. The smallest absolute Gasteiger partial charge is 0.303 e. The van der Waals surface area contributed by atoms with Gasteiger partial charge in [0.25, 0.3) is 0 Å². The fourth-order valence-electron chi connectivity index (χ4n) is 4.17. The minimum Gasteiger partial charge on any atom is -0.455 e. The van der Waals surface area contributed by atoms with E-state index in [0.717, 1.165) is 28.2 Å². The van der Waals surface area contributed by atoms with E-state index in [9.17, 15) is 9.59 Å². The van der Waals surface area contributed by atoms with Crippen LogP contribution >= 0.6 is 11.6 Å². The van der Waals surface area contributed by atoms with Crippen molar-refractivity contribution in [1.29, 1.82) is 0 Å². The topological polar surface area (TPSA) is 48.3 Å². The fourth-order valence-corrected chi connectivity index (χ4v) is 4.29. The molecule has 0 N–H and O–H groups in total. The van der Waals surface area contributed by atoms with E-state index in [1.54, 1.807) is 0 Å². The second-order valence-electron chi connectivity index (χ2n) is 8.58. The Morgan fingerprint density at radius 1 is 1.10 bits per heavy atom. The van der Waals surface area contributed by atoms with Crippen LogP contribution in [0.15, 0.2) is 54.6 Å². The Labute approximate surface area is 181 Å². The molecule has 0 saturated carbocycles. The molecule has 1 heterocycles. The van der Waals surface area contributed by atoms with Gasteiger partial charge in [0.05, 0.1) is 11.4 Å². The molecule has 0 spiro atoms. The molecule has 0 fully saturated rings. The average molecular weight is 422 g/mol. The quantitative estimate of drug-likeness (QED) is 0.464. The third-order valence-corrected chi connectivity index (χ3v) is 5.88. The Kier molecular flexibility index (Phi) is 5.07. The van der Waals surface area contributed by atoms with Crippen LogP contribution in [0.2, 0.25) is 5.02 Å². The largest absolute Gasteiger partial charge is 0.455 e. The molecule has 5 heteroatoms. The predicted octanol–water partition coefficient (Wildman–Crippen LogP) is 6.32. The summed E-state index contributed by atoms with van der Waals surface area (Å²) in [6, 6.07) is 17.5. The second kappa shape index (κ2) is 7.44. The van der Waals surface area contributed by atoms with E-state index in [-0.39, 0.29) is 11.8 Å². The van der Waals surface area contributed by atoms with Crippen LogP contribution in [0.3, 0.4) is 0 Å². The first-order chi connectivity index (χ1) is 14.2. The van der Waals surface area contributed by atoms with E-state index in [1.165, 1.54) is 6.92 Å². The molecule has 0 aliphatic heterocycles. The maximum atomic E-state index is 13.1. The number of carbonyl (C=O) groups is 2. The van der Waals surface area contributed by atoms with Gasteiger partial charge >= 0.3 is 5.97 Å². The molecule has 1 aromatic heterocycles. The van der Waals surface area contributed by atoms with Gasteiger partial charge in [0.15, 0.2) is 5.78 Å². The van der Waals surface area contributed by atoms with E-state index in [0.29, 0.717) is 17.0 Å². The molecule has 2 aromatic carbocycles. The molecular weight excluding hydrogens is 398 g/mol. The second-order valence-corrected chi connectivity index (χ2v) is 9.02. The minimum atomic E-state index is -0.537. The van der Waals surface area contributed by atoms with Gasteiger partial charge in [0, 0.05) is 35.0 Å². The van der Waals surface area contributed by atoms with Crippen LogP contribution in [0.5, 0.6) is 0 Å². The van der Waals surface area contributed by atoms with Gasteiger partial charge in [-0.3, -0.25) is 9.59 Å². The molecular formula is C25H24ClNO3. The summed E-state index contributed by atoms with van der Waals surface area (Å²) in [5.74, 6) is -0.308. The Morgan fingerprint density at radius 3 is 2.33 bits per heavy atom. The number of ketones is 1. The number of nitrogens with zero attached hydrogens (tertiary/aromatic N) is 1. The van der Waals surface area contributed by atoms with Gasteiger partial charge in [0.1, 0.15) is 6.10 Å². The number of halogens is 1. The van der Waals surface area contributed by atoms with Crippen molar-refractivity contribution in [2.24, 2.45) is 5.41 Å². The van der Waals surface area contributed by atoms with Gasteiger partial charge in [-0.25, -0.2) is 0 Å². The molecule has 4 nitrogen and oxygen atoms in total. The van der Waals surface area contributed by atoms with Crippen molar-refractivity contribution in [1.82, 2.24) is 4.57 Å². The summed E-state index contributed by atoms with van der Waals surface area (Å²) in [4.78, 5) is 25.1. The normalized spacial score (nSPS) is 17.5. The lowest BCUT2D eigenvalue weighted by Gasteiger charge is -2.38. The average Bonchev–Trinajstić information content (AvgIpc) is 3.06. The van der Waals surface area contributed by atoms with Crippen molar-refractivity contribution < 1.29 is 14.3 Å². The van der Waals surface area contributed by atoms with Crippen molar-refractivity contribution in [2.75, 3.05) is 0 Å². The van der Waals surface area contributed by atoms with Crippen LogP contribution in [0.4, 0.5) is 0 Å². The van der Waals surface area contributed by atoms with Crippen molar-refractivity contribution in [3.8, 4) is 16.9 Å². The number of esters is 1. The number of ether oxygens (including phenoxy) is 1. The van der Waals surface area contributed by atoms with Crippen LogP contribution in [0.25, 0.3) is 16.9 Å². The van der Waals surface area contributed by atoms with E-state index < -0.39 is 11.5 Å². The Bertz CT molecular complexity index is 1120. The van der Waals surface area contributed by atoms with Crippen LogP contribution in [0, 0.1) is 12.3 Å². The standard InChI is InChI=1S/C25H24ClNO3/c1-15-5-11-19(12-6-15)27-21(17-7-9-18(26)10-8-17)13-20-22(29)14-25(3,4)24(23(20)27)30-16(2)28/h5-13,24H,14H2,1-4H3. The van der Waals surface area contributed by atoms with Crippen molar-refractivity contribution in [3.63, 3.8) is 0 Å². The molecule has 0 amide bonds. The van der Waals surface area contributed by atoms with E-state index >= 15 is 0 Å². The molecule has 154 valence electrons. The summed E-state index contributed by atoms with van der Waals surface area (Å²) in [5, 5.41) is 0.645. The Hall–Kier alpha value is -2.85. The number of rotatable bonds is 3. The highest BCUT2D eigenvalue weighted by Gasteiger charge is 2.45. The molecule has 30 heavy (non-hydrogen) atoms. The number of fused-ring (bicyclic) bond motifs is 1. The highest BCUT2D eigenvalue weighted by atomic mass is 35.5. The first-order valence-electron chi connectivity index (χ1n) is 9.96. The molecule has 1 unspecified atom stereocenters. The molecule has 4 rings (SSSR count). The van der Waals surface area contributed by atoms with Gasteiger partial charge < -0.3 is 9.30 Å². The highest BCUT2D eigenvalue weighted by Crippen LogP contribution is 2.49. The number of carbonyl (C=O) groups excluding carboxylic acids is 2. The monoisotopic (exact) mass is 421 g/mol. The van der Waals surface area contributed by atoms with E-state index in [1.807, 2.05) is 79.9 Å². The highest BCUT2D eigenvalue weighted by molar-refractivity contribution is 6.30. The van der Waals surface area contributed by atoms with Crippen molar-refractivity contribution in [2.45, 2.75) is 40.2 Å². The number of hydrogen-bond acceptors (Lipinski definition) is 3. The summed E-state index contributed by atoms with van der Waals surface area (Å²) in [6.07, 6.45) is -0.222. The third kappa shape index (κ3) is 3.56. The zero-order chi connectivity index (χ0) is 21.6. The lowest BCUT2D eigenvalue weighted by molar-refractivity contribution is -0.154. The number of aromatic nitrogens is 1. The summed E-state index contributed by atoms with van der Waals surface area (Å²) < 4.78 is 7.85. The number of benzene rings is 2. The summed E-state index contributed by atoms with van der Waals surface area (Å²) in [5.41, 5.74) is 4.65. The first kappa shape index (κ1) is 20.4. The zero-order valence-electron chi connectivity index (χ0n) is 17.5. The molecule has 1 atom stereocenters. The van der Waals surface area contributed by atoms with Gasteiger partial charge in [-0.2, -0.15) is 0 Å². The lowest BCUT2D eigenvalue weighted by Crippen LogP contribution is -2.35. The van der Waals surface area contributed by atoms with Gasteiger partial charge in [-0.15, -0.1) is 0 Å². The maximum Gasteiger partial charge on any atom is 0.303 e. The SMILES string of the molecule is CC(=O)OC1c2c(cc(-c3ccc(Cl)cc3)n2-c2ccc(C)cc2)C(=O)CC1(C)C. The molecule has 0 saturated heterocycles. The van der Waals surface area contributed by atoms with Gasteiger partial charge in [-0.1, -0.05) is 55.3 Å². The molecule has 1 aliphatic carbocycles. The molecule has 1 aliphatic rings. The molecule has 3 aromatic rings. The summed E-state index contributed by atoms with van der Waals surface area (Å²) in [6.45, 7) is 7.38. The van der Waals surface area contributed by atoms with Crippen molar-refractivity contribution in [3.05, 3.63) is 76.4 Å². The molecule has 0 radical (unpaired) electrons.